The fourth-order valence-electron chi connectivity index (χ4n) is 5.74. The van der Waals surface area contributed by atoms with Gasteiger partial charge in [0.1, 0.15) is 0 Å². The van der Waals surface area contributed by atoms with Crippen LogP contribution >= 0.6 is 23.7 Å². The number of nitrogens with one attached hydrogen (secondary N) is 1. The first-order valence-corrected chi connectivity index (χ1v) is 16.4. The number of fused-ring (bicyclic) bond motifs is 2. The van der Waals surface area contributed by atoms with Crippen LogP contribution in [-0.2, 0) is 16.4 Å². The van der Waals surface area contributed by atoms with E-state index in [0.29, 0.717) is 18.7 Å². The van der Waals surface area contributed by atoms with E-state index in [0.717, 1.165) is 67.5 Å². The lowest BCUT2D eigenvalue weighted by Crippen LogP contribution is -2.48. The minimum atomic E-state index is -3.70. The Kier molecular flexibility index (Phi) is 9.08. The fraction of sp³-hybridized carbons (Fsp3) is 0.355. The topological polar surface area (TPSA) is 85.9 Å². The zero-order valence-corrected chi connectivity index (χ0v) is 26.3. The maximum atomic E-state index is 13.4. The number of carbonyl (C=O) groups excluding carboxylic acids is 1. The Hall–Kier alpha value is -3.18. The summed E-state index contributed by atoms with van der Waals surface area (Å²) in [5, 5.41) is 4.07. The molecule has 3 heterocycles. The van der Waals surface area contributed by atoms with Crippen LogP contribution in [0.25, 0.3) is 10.2 Å². The van der Waals surface area contributed by atoms with E-state index in [1.54, 1.807) is 23.5 Å². The first-order chi connectivity index (χ1) is 19.8. The largest absolute Gasteiger partial charge is 0.351 e. The number of nitrogens with zero attached hydrogens (tertiary/aromatic N) is 4. The van der Waals surface area contributed by atoms with E-state index in [9.17, 15) is 13.2 Å². The minimum Gasteiger partial charge on any atom is -0.351 e. The van der Waals surface area contributed by atoms with Gasteiger partial charge in [-0.05, 0) is 79.8 Å². The third-order valence-corrected chi connectivity index (χ3v) is 10.8. The highest BCUT2D eigenvalue weighted by Crippen LogP contribution is 2.33. The Morgan fingerprint density at radius 3 is 2.48 bits per heavy atom. The minimum absolute atomic E-state index is 0. The second kappa shape index (κ2) is 12.6. The van der Waals surface area contributed by atoms with E-state index in [-0.39, 0.29) is 23.2 Å². The van der Waals surface area contributed by atoms with E-state index in [4.69, 9.17) is 4.98 Å². The van der Waals surface area contributed by atoms with Crippen LogP contribution in [0, 0.1) is 13.8 Å². The number of anilines is 2. The first-order valence-electron chi connectivity index (χ1n) is 14.1. The number of aryl methyl sites for hydroxylation is 3. The van der Waals surface area contributed by atoms with Gasteiger partial charge >= 0.3 is 0 Å². The Labute approximate surface area is 257 Å². The molecule has 0 bridgehead atoms. The Morgan fingerprint density at radius 1 is 0.976 bits per heavy atom. The molecule has 42 heavy (non-hydrogen) atoms. The molecule has 8 nitrogen and oxygen atoms in total. The lowest BCUT2D eigenvalue weighted by atomic mass is 10.0. The number of benzene rings is 3. The molecule has 0 atom stereocenters. The number of hydrogen-bond donors (Lipinski definition) is 1. The Bertz CT molecular complexity index is 1680. The molecule has 11 heteroatoms. The number of aromatic nitrogens is 1. The number of halogens is 1. The highest BCUT2D eigenvalue weighted by molar-refractivity contribution is 7.92. The van der Waals surface area contributed by atoms with Crippen molar-refractivity contribution in [3.63, 3.8) is 0 Å². The van der Waals surface area contributed by atoms with Crippen molar-refractivity contribution in [3.8, 4) is 0 Å². The molecule has 6 rings (SSSR count). The number of hydrogen-bond acceptors (Lipinski definition) is 7. The molecule has 1 N–H and O–H groups in total. The van der Waals surface area contributed by atoms with Crippen molar-refractivity contribution >= 4 is 60.7 Å². The zero-order valence-electron chi connectivity index (χ0n) is 23.9. The average Bonchev–Trinajstić information content (AvgIpc) is 3.42. The smallest absolute Gasteiger partial charge is 0.264 e. The first kappa shape index (κ1) is 30.3. The maximum absolute atomic E-state index is 13.4. The molecule has 222 valence electrons. The summed E-state index contributed by atoms with van der Waals surface area (Å²) in [5.74, 6) is -0.198. The summed E-state index contributed by atoms with van der Waals surface area (Å²) in [5.41, 5.74) is 5.83. The fourth-order valence-corrected chi connectivity index (χ4v) is 8.48. The number of carbonyl (C=O) groups is 1. The predicted molar refractivity (Wildman–Crippen MR) is 173 cm³/mol. The predicted octanol–water partition coefficient (Wildman–Crippen LogP) is 5.03. The average molecular weight is 626 g/mol. The second-order valence-corrected chi connectivity index (χ2v) is 13.7. The molecule has 0 saturated carbocycles. The maximum Gasteiger partial charge on any atom is 0.264 e. The van der Waals surface area contributed by atoms with Crippen LogP contribution in [0.4, 0.5) is 10.8 Å². The number of piperazine rings is 1. The molecule has 0 unspecified atom stereocenters. The molecule has 2 aliphatic heterocycles. The van der Waals surface area contributed by atoms with Gasteiger partial charge in [0, 0.05) is 51.4 Å². The number of sulfonamides is 1. The quantitative estimate of drug-likeness (QED) is 0.310. The van der Waals surface area contributed by atoms with Gasteiger partial charge in [-0.1, -0.05) is 35.6 Å². The summed E-state index contributed by atoms with van der Waals surface area (Å²) in [7, 11) is -3.70. The van der Waals surface area contributed by atoms with Crippen LogP contribution in [0.5, 0.6) is 0 Å². The van der Waals surface area contributed by atoms with Gasteiger partial charge < -0.3 is 10.2 Å². The van der Waals surface area contributed by atoms with Crippen LogP contribution < -0.4 is 14.5 Å². The number of rotatable bonds is 7. The molecule has 1 saturated heterocycles. The van der Waals surface area contributed by atoms with Crippen LogP contribution in [0.15, 0.2) is 65.6 Å². The molecule has 2 aliphatic rings. The zero-order chi connectivity index (χ0) is 28.6. The van der Waals surface area contributed by atoms with E-state index in [1.807, 2.05) is 24.3 Å². The van der Waals surface area contributed by atoms with Gasteiger partial charge in [-0.25, -0.2) is 13.4 Å². The van der Waals surface area contributed by atoms with Crippen molar-refractivity contribution in [3.05, 3.63) is 82.9 Å². The lowest BCUT2D eigenvalue weighted by Gasteiger charge is -2.34. The summed E-state index contributed by atoms with van der Waals surface area (Å²) < 4.78 is 29.5. The summed E-state index contributed by atoms with van der Waals surface area (Å²) in [6.07, 6.45) is 1.66. The molecule has 3 aromatic carbocycles. The Morgan fingerprint density at radius 2 is 1.71 bits per heavy atom. The van der Waals surface area contributed by atoms with Crippen molar-refractivity contribution in [1.82, 2.24) is 15.2 Å². The SMILES string of the molecule is Cc1cc(C)c2nc(N3CCN(CCNC(=O)c4ccc(S(=O)(=O)N5CCCc6ccccc65)cc4)CC3)sc2c1.Cl. The van der Waals surface area contributed by atoms with Crippen molar-refractivity contribution in [1.29, 1.82) is 0 Å². The third kappa shape index (κ3) is 6.13. The Balaban J connectivity index is 0.00000353. The molecular weight excluding hydrogens is 590 g/mol. The number of para-hydroxylation sites is 1. The van der Waals surface area contributed by atoms with Gasteiger partial charge in [-0.3, -0.25) is 14.0 Å². The van der Waals surface area contributed by atoms with Gasteiger partial charge in [0.25, 0.3) is 15.9 Å². The van der Waals surface area contributed by atoms with Crippen LogP contribution in [0.2, 0.25) is 0 Å². The number of amides is 1. The summed E-state index contributed by atoms with van der Waals surface area (Å²) in [4.78, 5) is 22.6. The highest BCUT2D eigenvalue weighted by Gasteiger charge is 2.29. The molecule has 0 aliphatic carbocycles. The van der Waals surface area contributed by atoms with Gasteiger partial charge in [-0.15, -0.1) is 12.4 Å². The van der Waals surface area contributed by atoms with Crippen molar-refractivity contribution < 1.29 is 13.2 Å². The van der Waals surface area contributed by atoms with Crippen LogP contribution in [-0.4, -0.2) is 70.0 Å². The summed E-state index contributed by atoms with van der Waals surface area (Å²) >= 11 is 1.76. The lowest BCUT2D eigenvalue weighted by molar-refractivity contribution is 0.0947. The van der Waals surface area contributed by atoms with Gasteiger partial charge in [0.05, 0.1) is 20.8 Å². The normalized spacial score (nSPS) is 15.8. The molecule has 4 aromatic rings. The van der Waals surface area contributed by atoms with Gasteiger partial charge in [0.2, 0.25) is 0 Å². The van der Waals surface area contributed by atoms with Crippen molar-refractivity contribution in [2.45, 2.75) is 31.6 Å². The molecular formula is C31H36ClN5O3S2. The van der Waals surface area contributed by atoms with E-state index < -0.39 is 10.0 Å². The molecule has 1 aromatic heterocycles. The second-order valence-electron chi connectivity index (χ2n) is 10.8. The van der Waals surface area contributed by atoms with E-state index >= 15 is 0 Å². The van der Waals surface area contributed by atoms with Crippen molar-refractivity contribution in [2.24, 2.45) is 0 Å². The van der Waals surface area contributed by atoms with Crippen LogP contribution in [0.1, 0.15) is 33.5 Å². The van der Waals surface area contributed by atoms with Crippen molar-refractivity contribution in [2.75, 3.05) is 55.0 Å². The highest BCUT2D eigenvalue weighted by atomic mass is 35.5. The molecule has 1 amide bonds. The van der Waals surface area contributed by atoms with Gasteiger partial charge in [-0.2, -0.15) is 0 Å². The third-order valence-electron chi connectivity index (χ3n) is 7.95. The van der Waals surface area contributed by atoms with E-state index in [1.165, 1.54) is 32.3 Å². The van der Waals surface area contributed by atoms with Gasteiger partial charge in [0.15, 0.2) is 5.13 Å². The molecule has 0 radical (unpaired) electrons. The molecule has 0 spiro atoms. The number of thiazole rings is 1. The summed E-state index contributed by atoms with van der Waals surface area (Å²) in [6, 6.07) is 18.3. The molecule has 1 fully saturated rings. The van der Waals surface area contributed by atoms with Crippen LogP contribution in [0.3, 0.4) is 0 Å². The standard InChI is InChI=1S/C31H35N5O3S2.ClH/c1-22-20-23(2)29-28(21-22)40-31(33-29)35-18-16-34(17-19-35)15-13-32-30(37)25-9-11-26(12-10-25)41(38,39)36-14-5-7-24-6-3-4-8-27(24)36;/h3-4,6,8-12,20-21H,5,7,13-19H2,1-2H3,(H,32,37);1H. The van der Waals surface area contributed by atoms with E-state index in [2.05, 4.69) is 41.1 Å². The monoisotopic (exact) mass is 625 g/mol. The summed E-state index contributed by atoms with van der Waals surface area (Å²) in [6.45, 7) is 9.63.